The lowest BCUT2D eigenvalue weighted by Gasteiger charge is -2.02. The van der Waals surface area contributed by atoms with E-state index in [0.717, 1.165) is 17.1 Å². The predicted molar refractivity (Wildman–Crippen MR) is 44.4 cm³/mol. The summed E-state index contributed by atoms with van der Waals surface area (Å²) in [7, 11) is 1.81. The number of anilines is 1. The number of hydrogen-bond acceptors (Lipinski definition) is 3. The first-order valence-corrected chi connectivity index (χ1v) is 3.52. The number of nitrogens with one attached hydrogen (secondary N) is 1. The van der Waals surface area contributed by atoms with Crippen molar-refractivity contribution in [2.45, 2.75) is 13.5 Å². The van der Waals surface area contributed by atoms with Gasteiger partial charge in [-0.15, -0.1) is 0 Å². The zero-order chi connectivity index (χ0) is 8.27. The van der Waals surface area contributed by atoms with Crippen molar-refractivity contribution >= 4 is 5.82 Å². The monoisotopic (exact) mass is 152 g/mol. The third kappa shape index (κ3) is 1.91. The van der Waals surface area contributed by atoms with Crippen LogP contribution in [0.2, 0.25) is 0 Å². The van der Waals surface area contributed by atoms with Crippen LogP contribution in [0.15, 0.2) is 12.1 Å². The van der Waals surface area contributed by atoms with E-state index in [2.05, 4.69) is 10.3 Å². The van der Waals surface area contributed by atoms with Crippen molar-refractivity contribution in [1.82, 2.24) is 4.98 Å². The van der Waals surface area contributed by atoms with Crippen molar-refractivity contribution in [3.05, 3.63) is 23.4 Å². The molecular weight excluding hydrogens is 140 g/mol. The van der Waals surface area contributed by atoms with E-state index >= 15 is 0 Å². The van der Waals surface area contributed by atoms with Crippen molar-refractivity contribution in [1.29, 1.82) is 0 Å². The first-order chi connectivity index (χ1) is 5.26. The van der Waals surface area contributed by atoms with Gasteiger partial charge in [-0.2, -0.15) is 0 Å². The fourth-order valence-corrected chi connectivity index (χ4v) is 0.959. The van der Waals surface area contributed by atoms with E-state index in [9.17, 15) is 0 Å². The molecule has 0 amide bonds. The van der Waals surface area contributed by atoms with Crippen molar-refractivity contribution in [2.75, 3.05) is 12.4 Å². The second-order valence-electron chi connectivity index (χ2n) is 2.41. The van der Waals surface area contributed by atoms with Gasteiger partial charge in [-0.05, 0) is 24.6 Å². The second kappa shape index (κ2) is 3.34. The van der Waals surface area contributed by atoms with E-state index < -0.39 is 0 Å². The van der Waals surface area contributed by atoms with E-state index in [1.807, 2.05) is 26.1 Å². The van der Waals surface area contributed by atoms with Gasteiger partial charge in [0.05, 0.1) is 6.61 Å². The van der Waals surface area contributed by atoms with Gasteiger partial charge < -0.3 is 10.4 Å². The van der Waals surface area contributed by atoms with Crippen molar-refractivity contribution in [3.63, 3.8) is 0 Å². The number of nitrogens with zero attached hydrogens (tertiary/aromatic N) is 1. The van der Waals surface area contributed by atoms with Crippen LogP contribution in [0, 0.1) is 6.92 Å². The molecule has 0 saturated carbocycles. The van der Waals surface area contributed by atoms with E-state index in [-0.39, 0.29) is 6.61 Å². The smallest absolute Gasteiger partial charge is 0.126 e. The maximum atomic E-state index is 8.83. The number of aryl methyl sites for hydroxylation is 1. The first-order valence-electron chi connectivity index (χ1n) is 3.52. The predicted octanol–water partition coefficient (Wildman–Crippen LogP) is 0.924. The Balaban J connectivity index is 3.02. The van der Waals surface area contributed by atoms with Crippen LogP contribution < -0.4 is 5.32 Å². The maximum absolute atomic E-state index is 8.83. The van der Waals surface area contributed by atoms with Crippen LogP contribution in [0.5, 0.6) is 0 Å². The summed E-state index contributed by atoms with van der Waals surface area (Å²) in [4.78, 5) is 4.18. The third-order valence-corrected chi connectivity index (χ3v) is 1.45. The van der Waals surface area contributed by atoms with Crippen molar-refractivity contribution in [2.24, 2.45) is 0 Å². The molecule has 60 valence electrons. The van der Waals surface area contributed by atoms with Gasteiger partial charge in [0.2, 0.25) is 0 Å². The fraction of sp³-hybridized carbons (Fsp3) is 0.375. The second-order valence-corrected chi connectivity index (χ2v) is 2.41. The molecule has 1 rings (SSSR count). The number of pyridine rings is 1. The highest BCUT2D eigenvalue weighted by Gasteiger charge is 1.95. The summed E-state index contributed by atoms with van der Waals surface area (Å²) in [5.41, 5.74) is 1.81. The number of aromatic nitrogens is 1. The Morgan fingerprint density at radius 1 is 1.55 bits per heavy atom. The summed E-state index contributed by atoms with van der Waals surface area (Å²) >= 11 is 0. The van der Waals surface area contributed by atoms with Crippen LogP contribution >= 0.6 is 0 Å². The Labute approximate surface area is 66.1 Å². The first kappa shape index (κ1) is 8.01. The minimum atomic E-state index is 0.0675. The van der Waals surface area contributed by atoms with E-state index in [4.69, 9.17) is 5.11 Å². The zero-order valence-electron chi connectivity index (χ0n) is 6.76. The molecule has 0 aliphatic carbocycles. The summed E-state index contributed by atoms with van der Waals surface area (Å²) in [5.74, 6) is 0.800. The average molecular weight is 152 g/mol. The molecule has 0 saturated heterocycles. The van der Waals surface area contributed by atoms with Gasteiger partial charge in [-0.1, -0.05) is 0 Å². The van der Waals surface area contributed by atoms with Gasteiger partial charge >= 0.3 is 0 Å². The minimum absolute atomic E-state index is 0.0675. The molecule has 2 N–H and O–H groups in total. The molecule has 0 aliphatic heterocycles. The topological polar surface area (TPSA) is 45.1 Å². The van der Waals surface area contributed by atoms with Crippen LogP contribution in [0.3, 0.4) is 0 Å². The molecule has 0 spiro atoms. The van der Waals surface area contributed by atoms with Gasteiger partial charge in [0.25, 0.3) is 0 Å². The Morgan fingerprint density at radius 2 is 2.27 bits per heavy atom. The molecule has 3 heteroatoms. The molecule has 0 unspecified atom stereocenters. The number of rotatable bonds is 2. The van der Waals surface area contributed by atoms with E-state index in [1.165, 1.54) is 0 Å². The van der Waals surface area contributed by atoms with Crippen molar-refractivity contribution < 1.29 is 5.11 Å². The number of aliphatic hydroxyl groups is 1. The highest BCUT2D eigenvalue weighted by molar-refractivity contribution is 5.38. The Bertz CT molecular complexity index is 226. The summed E-state index contributed by atoms with van der Waals surface area (Å²) < 4.78 is 0. The Hall–Kier alpha value is -1.09. The summed E-state index contributed by atoms with van der Waals surface area (Å²) in [5, 5.41) is 11.7. The normalized spacial score (nSPS) is 9.73. The summed E-state index contributed by atoms with van der Waals surface area (Å²) in [6.45, 7) is 1.97. The third-order valence-electron chi connectivity index (χ3n) is 1.45. The number of aliphatic hydroxyl groups excluding tert-OH is 1. The molecule has 3 nitrogen and oxygen atoms in total. The molecule has 0 atom stereocenters. The van der Waals surface area contributed by atoms with Gasteiger partial charge in [0.1, 0.15) is 5.82 Å². The van der Waals surface area contributed by atoms with Gasteiger partial charge in [0, 0.05) is 12.7 Å². The lowest BCUT2D eigenvalue weighted by Crippen LogP contribution is -1.96. The lowest BCUT2D eigenvalue weighted by atomic mass is 10.2. The summed E-state index contributed by atoms with van der Waals surface area (Å²) in [6, 6.07) is 3.69. The molecule has 0 aliphatic rings. The molecule has 0 aromatic carbocycles. The minimum Gasteiger partial charge on any atom is -0.392 e. The Morgan fingerprint density at radius 3 is 2.82 bits per heavy atom. The van der Waals surface area contributed by atoms with E-state index in [1.54, 1.807) is 0 Å². The van der Waals surface area contributed by atoms with Crippen LogP contribution in [-0.4, -0.2) is 17.1 Å². The largest absolute Gasteiger partial charge is 0.392 e. The van der Waals surface area contributed by atoms with Crippen LogP contribution in [-0.2, 0) is 6.61 Å². The Kier molecular flexibility index (Phi) is 2.44. The zero-order valence-corrected chi connectivity index (χ0v) is 6.76. The van der Waals surface area contributed by atoms with Gasteiger partial charge in [-0.25, -0.2) is 4.98 Å². The SMILES string of the molecule is CNc1cc(CO)cc(C)n1. The molecule has 0 fully saturated rings. The standard InChI is InChI=1S/C8H12N2O/c1-6-3-7(5-11)4-8(9-2)10-6/h3-4,11H,5H2,1-2H3,(H,9,10). The van der Waals surface area contributed by atoms with Crippen LogP contribution in [0.1, 0.15) is 11.3 Å². The number of hydrogen-bond donors (Lipinski definition) is 2. The van der Waals surface area contributed by atoms with Gasteiger partial charge in [-0.3, -0.25) is 0 Å². The van der Waals surface area contributed by atoms with Crippen LogP contribution in [0.25, 0.3) is 0 Å². The van der Waals surface area contributed by atoms with E-state index in [0.29, 0.717) is 0 Å². The van der Waals surface area contributed by atoms with Gasteiger partial charge in [0.15, 0.2) is 0 Å². The molecule has 1 aromatic heterocycles. The average Bonchev–Trinajstić information content (AvgIpc) is 2.03. The highest BCUT2D eigenvalue weighted by atomic mass is 16.3. The molecule has 1 heterocycles. The highest BCUT2D eigenvalue weighted by Crippen LogP contribution is 2.08. The molecule has 0 bridgehead atoms. The summed E-state index contributed by atoms with van der Waals surface area (Å²) in [6.07, 6.45) is 0. The molecule has 1 aromatic rings. The molecular formula is C8H12N2O. The molecule has 11 heavy (non-hydrogen) atoms. The maximum Gasteiger partial charge on any atom is 0.126 e. The molecule has 0 radical (unpaired) electrons. The fourth-order valence-electron chi connectivity index (χ4n) is 0.959. The lowest BCUT2D eigenvalue weighted by molar-refractivity contribution is 0.281. The van der Waals surface area contributed by atoms with Crippen molar-refractivity contribution in [3.8, 4) is 0 Å². The van der Waals surface area contributed by atoms with Crippen LogP contribution in [0.4, 0.5) is 5.82 Å². The quantitative estimate of drug-likeness (QED) is 0.662.